The first-order valence-electron chi connectivity index (χ1n) is 3.94. The summed E-state index contributed by atoms with van der Waals surface area (Å²) in [6.45, 7) is 0. The van der Waals surface area contributed by atoms with Gasteiger partial charge < -0.3 is 5.73 Å². The first-order chi connectivity index (χ1) is 6.66. The fourth-order valence-electron chi connectivity index (χ4n) is 1.07. The smallest absolute Gasteiger partial charge is 0.155 e. The molecule has 0 fully saturated rings. The molecule has 0 aliphatic heterocycles. The van der Waals surface area contributed by atoms with E-state index in [9.17, 15) is 0 Å². The van der Waals surface area contributed by atoms with Gasteiger partial charge >= 0.3 is 0 Å². The number of aromatic nitrogens is 4. The van der Waals surface area contributed by atoms with E-state index in [4.69, 9.17) is 5.73 Å². The lowest BCUT2D eigenvalue weighted by Gasteiger charge is -1.98. The summed E-state index contributed by atoms with van der Waals surface area (Å²) in [7, 11) is 1.86. The van der Waals surface area contributed by atoms with Crippen molar-refractivity contribution in [1.29, 1.82) is 0 Å². The molecule has 2 heterocycles. The van der Waals surface area contributed by atoms with Crippen LogP contribution in [-0.4, -0.2) is 19.7 Å². The monoisotopic (exact) mass is 301 g/mol. The molecule has 2 aromatic heterocycles. The minimum absolute atomic E-state index is 0.457. The minimum Gasteiger partial charge on any atom is -0.382 e. The van der Waals surface area contributed by atoms with E-state index in [1.807, 2.05) is 13.2 Å². The van der Waals surface area contributed by atoms with Crippen molar-refractivity contribution in [3.63, 3.8) is 0 Å². The van der Waals surface area contributed by atoms with Crippen molar-refractivity contribution in [2.75, 3.05) is 5.73 Å². The Bertz CT molecular complexity index is 465. The van der Waals surface area contributed by atoms with E-state index in [1.165, 1.54) is 0 Å². The first-order valence-corrected chi connectivity index (χ1v) is 5.02. The van der Waals surface area contributed by atoms with Crippen LogP contribution in [0.2, 0.25) is 0 Å². The summed E-state index contributed by atoms with van der Waals surface area (Å²) < 4.78 is 2.43. The van der Waals surface area contributed by atoms with Crippen molar-refractivity contribution < 1.29 is 0 Å². The first kappa shape index (κ1) is 9.38. The zero-order chi connectivity index (χ0) is 10.1. The van der Waals surface area contributed by atoms with Crippen molar-refractivity contribution in [3.8, 4) is 11.3 Å². The van der Waals surface area contributed by atoms with Crippen molar-refractivity contribution in [2.45, 2.75) is 0 Å². The second-order valence-corrected chi connectivity index (χ2v) is 3.86. The van der Waals surface area contributed by atoms with E-state index < -0.39 is 0 Å². The Balaban J connectivity index is 2.47. The lowest BCUT2D eigenvalue weighted by molar-refractivity contribution is 0.768. The van der Waals surface area contributed by atoms with Gasteiger partial charge in [0.25, 0.3) is 0 Å². The number of halogens is 1. The highest BCUT2D eigenvalue weighted by atomic mass is 127. The molecular weight excluding hydrogens is 293 g/mol. The Hall–Kier alpha value is -1.18. The Kier molecular flexibility index (Phi) is 2.36. The topological polar surface area (TPSA) is 69.6 Å². The normalized spacial score (nSPS) is 10.4. The van der Waals surface area contributed by atoms with E-state index in [-0.39, 0.29) is 0 Å². The molecule has 2 aromatic rings. The molecule has 0 bridgehead atoms. The van der Waals surface area contributed by atoms with Crippen LogP contribution in [0.1, 0.15) is 0 Å². The number of hydrogen-bond donors (Lipinski definition) is 1. The van der Waals surface area contributed by atoms with Gasteiger partial charge in [-0.05, 0) is 22.6 Å². The summed E-state index contributed by atoms with van der Waals surface area (Å²) in [4.78, 5) is 8.34. The van der Waals surface area contributed by atoms with Gasteiger partial charge in [0.05, 0.1) is 18.1 Å². The maximum Gasteiger partial charge on any atom is 0.155 e. The molecule has 2 N–H and O–H groups in total. The number of nitrogens with two attached hydrogens (primary N) is 1. The maximum atomic E-state index is 5.57. The van der Waals surface area contributed by atoms with Crippen LogP contribution in [0.25, 0.3) is 11.3 Å². The third kappa shape index (κ3) is 1.69. The maximum absolute atomic E-state index is 5.57. The average Bonchev–Trinajstić information content (AvgIpc) is 2.57. The Morgan fingerprint density at radius 1 is 1.43 bits per heavy atom. The second kappa shape index (κ2) is 3.52. The molecule has 0 radical (unpaired) electrons. The highest BCUT2D eigenvalue weighted by molar-refractivity contribution is 14.1. The molecule has 6 heteroatoms. The minimum atomic E-state index is 0.457. The van der Waals surface area contributed by atoms with Crippen LogP contribution in [0.4, 0.5) is 5.82 Å². The predicted octanol–water partition coefficient (Wildman–Crippen LogP) is 1.06. The molecule has 2 rings (SSSR count). The largest absolute Gasteiger partial charge is 0.382 e. The number of hydrogen-bond acceptors (Lipinski definition) is 4. The third-order valence-electron chi connectivity index (χ3n) is 1.76. The van der Waals surface area contributed by atoms with Crippen molar-refractivity contribution in [3.05, 3.63) is 22.3 Å². The van der Waals surface area contributed by atoms with E-state index in [0.717, 1.165) is 11.3 Å². The Labute approximate surface area is 94.5 Å². The molecule has 0 saturated heterocycles. The molecule has 0 aromatic carbocycles. The van der Waals surface area contributed by atoms with E-state index in [2.05, 4.69) is 37.7 Å². The molecule has 5 nitrogen and oxygen atoms in total. The number of nitrogens with zero attached hydrogens (tertiary/aromatic N) is 4. The SMILES string of the molecule is Cn1cc(-c2cnc(N)c(I)n2)cn1. The Morgan fingerprint density at radius 2 is 2.21 bits per heavy atom. The molecule has 72 valence electrons. The Morgan fingerprint density at radius 3 is 2.79 bits per heavy atom. The molecule has 0 spiro atoms. The molecule has 14 heavy (non-hydrogen) atoms. The molecule has 0 atom stereocenters. The van der Waals surface area contributed by atoms with Gasteiger partial charge in [0.1, 0.15) is 3.70 Å². The van der Waals surface area contributed by atoms with Gasteiger partial charge in [-0.1, -0.05) is 0 Å². The fraction of sp³-hybridized carbons (Fsp3) is 0.125. The molecule has 0 aliphatic carbocycles. The third-order valence-corrected chi connectivity index (χ3v) is 2.55. The second-order valence-electron chi connectivity index (χ2n) is 2.83. The van der Waals surface area contributed by atoms with E-state index >= 15 is 0 Å². The summed E-state index contributed by atoms with van der Waals surface area (Å²) in [5, 5.41) is 4.06. The molecule has 0 amide bonds. The van der Waals surface area contributed by atoms with Crippen molar-refractivity contribution in [1.82, 2.24) is 19.7 Å². The van der Waals surface area contributed by atoms with Gasteiger partial charge in [-0.15, -0.1) is 0 Å². The highest BCUT2D eigenvalue weighted by Gasteiger charge is 2.05. The van der Waals surface area contributed by atoms with Crippen LogP contribution in [0, 0.1) is 3.70 Å². The van der Waals surface area contributed by atoms with Crippen LogP contribution in [0.3, 0.4) is 0 Å². The van der Waals surface area contributed by atoms with E-state index in [0.29, 0.717) is 9.52 Å². The van der Waals surface area contributed by atoms with Gasteiger partial charge in [-0.2, -0.15) is 5.10 Å². The van der Waals surface area contributed by atoms with Gasteiger partial charge in [0.2, 0.25) is 0 Å². The van der Waals surface area contributed by atoms with Crippen molar-refractivity contribution in [2.24, 2.45) is 7.05 Å². The molecular formula is C8H8IN5. The van der Waals surface area contributed by atoms with Crippen LogP contribution >= 0.6 is 22.6 Å². The van der Waals surface area contributed by atoms with Crippen LogP contribution in [0.5, 0.6) is 0 Å². The quantitative estimate of drug-likeness (QED) is 0.800. The molecule has 0 aliphatic rings. The van der Waals surface area contributed by atoms with Gasteiger partial charge in [-0.25, -0.2) is 9.97 Å². The summed E-state index contributed by atoms with van der Waals surface area (Å²) in [5.41, 5.74) is 7.30. The number of nitrogen functional groups attached to an aromatic ring is 1. The zero-order valence-corrected chi connectivity index (χ0v) is 9.63. The van der Waals surface area contributed by atoms with Gasteiger partial charge in [0, 0.05) is 18.8 Å². The predicted molar refractivity (Wildman–Crippen MR) is 61.4 cm³/mol. The zero-order valence-electron chi connectivity index (χ0n) is 7.48. The highest BCUT2D eigenvalue weighted by Crippen LogP contribution is 2.17. The van der Waals surface area contributed by atoms with Gasteiger partial charge in [0.15, 0.2) is 5.82 Å². The van der Waals surface area contributed by atoms with Crippen LogP contribution in [-0.2, 0) is 7.05 Å². The lowest BCUT2D eigenvalue weighted by Crippen LogP contribution is -1.97. The van der Waals surface area contributed by atoms with Crippen LogP contribution in [0.15, 0.2) is 18.6 Å². The van der Waals surface area contributed by atoms with E-state index in [1.54, 1.807) is 17.1 Å². The fourth-order valence-corrected chi connectivity index (χ4v) is 1.47. The summed E-state index contributed by atoms with van der Waals surface area (Å²) in [6.07, 6.45) is 5.28. The van der Waals surface area contributed by atoms with Gasteiger partial charge in [-0.3, -0.25) is 4.68 Å². The summed E-state index contributed by atoms with van der Waals surface area (Å²) in [6, 6.07) is 0. The molecule has 0 saturated carbocycles. The molecule has 0 unspecified atom stereocenters. The lowest BCUT2D eigenvalue weighted by atomic mass is 10.3. The van der Waals surface area contributed by atoms with Crippen molar-refractivity contribution >= 4 is 28.4 Å². The number of anilines is 1. The number of aryl methyl sites for hydroxylation is 1. The average molecular weight is 301 g/mol. The van der Waals surface area contributed by atoms with Crippen LogP contribution < -0.4 is 5.73 Å². The summed E-state index contributed by atoms with van der Waals surface area (Å²) in [5.74, 6) is 0.457. The summed E-state index contributed by atoms with van der Waals surface area (Å²) >= 11 is 2.06. The standard InChI is InChI=1S/C8H8IN5/c1-14-4-5(2-12-14)6-3-11-8(10)7(9)13-6/h2-4H,1H3,(H2,10,11). The number of rotatable bonds is 1.